The molecule has 94 valence electrons. The Hall–Kier alpha value is -0.870. The first-order chi connectivity index (χ1) is 8.09. The van der Waals surface area contributed by atoms with Gasteiger partial charge in [-0.2, -0.15) is 0 Å². The summed E-state index contributed by atoms with van der Waals surface area (Å²) >= 11 is 5.89. The van der Waals surface area contributed by atoms with Crippen molar-refractivity contribution in [2.75, 3.05) is 11.9 Å². The van der Waals surface area contributed by atoms with E-state index in [1.807, 2.05) is 0 Å². The zero-order valence-corrected chi connectivity index (χ0v) is 10.7. The van der Waals surface area contributed by atoms with Crippen molar-refractivity contribution in [3.05, 3.63) is 17.5 Å². The third-order valence-corrected chi connectivity index (χ3v) is 3.72. The highest BCUT2D eigenvalue weighted by Crippen LogP contribution is 2.32. The molecule has 0 bridgehead atoms. The Bertz CT molecular complexity index is 378. The Kier molecular flexibility index (Phi) is 3.84. The summed E-state index contributed by atoms with van der Waals surface area (Å²) in [6.45, 7) is 2.71. The van der Waals surface area contributed by atoms with E-state index in [-0.39, 0.29) is 0 Å². The minimum Gasteiger partial charge on any atom is -0.388 e. The van der Waals surface area contributed by atoms with Gasteiger partial charge in [0.15, 0.2) is 11.0 Å². The number of hydrogen-bond acceptors (Lipinski definition) is 4. The van der Waals surface area contributed by atoms with E-state index in [4.69, 9.17) is 11.6 Å². The third-order valence-electron chi connectivity index (χ3n) is 3.44. The van der Waals surface area contributed by atoms with Crippen LogP contribution in [-0.4, -0.2) is 27.2 Å². The molecular weight excluding hydrogens is 238 g/mol. The number of aliphatic hydroxyl groups is 1. The summed E-state index contributed by atoms with van der Waals surface area (Å²) in [4.78, 5) is 8.03. The molecule has 0 atom stereocenters. The Morgan fingerprint density at radius 2 is 2.06 bits per heavy atom. The quantitative estimate of drug-likeness (QED) is 0.871. The molecule has 5 heteroatoms. The van der Waals surface area contributed by atoms with E-state index in [1.54, 1.807) is 12.4 Å². The first kappa shape index (κ1) is 12.6. The van der Waals surface area contributed by atoms with E-state index < -0.39 is 5.60 Å². The Morgan fingerprint density at radius 1 is 1.41 bits per heavy atom. The number of rotatable bonds is 3. The van der Waals surface area contributed by atoms with Gasteiger partial charge < -0.3 is 10.4 Å². The first-order valence-corrected chi connectivity index (χ1v) is 6.40. The van der Waals surface area contributed by atoms with Crippen molar-refractivity contribution in [3.8, 4) is 0 Å². The molecule has 1 heterocycles. The molecule has 0 saturated heterocycles. The number of anilines is 1. The van der Waals surface area contributed by atoms with Crippen LogP contribution in [0.1, 0.15) is 32.6 Å². The number of aromatic nitrogens is 2. The maximum absolute atomic E-state index is 10.4. The SMILES string of the molecule is CC1CCC(O)(CNc2nccnc2Cl)CC1. The Balaban J connectivity index is 1.92. The van der Waals surface area contributed by atoms with Crippen LogP contribution < -0.4 is 5.32 Å². The van der Waals surface area contributed by atoms with Crippen molar-refractivity contribution < 1.29 is 5.11 Å². The smallest absolute Gasteiger partial charge is 0.171 e. The van der Waals surface area contributed by atoms with E-state index in [2.05, 4.69) is 22.2 Å². The third kappa shape index (κ3) is 3.30. The second-order valence-electron chi connectivity index (χ2n) is 4.96. The fourth-order valence-electron chi connectivity index (χ4n) is 2.16. The molecule has 17 heavy (non-hydrogen) atoms. The molecule has 0 spiro atoms. The van der Waals surface area contributed by atoms with Gasteiger partial charge >= 0.3 is 0 Å². The van der Waals surface area contributed by atoms with Crippen molar-refractivity contribution in [2.24, 2.45) is 5.92 Å². The van der Waals surface area contributed by atoms with Gasteiger partial charge in [-0.1, -0.05) is 18.5 Å². The van der Waals surface area contributed by atoms with Crippen LogP contribution in [0, 0.1) is 5.92 Å². The van der Waals surface area contributed by atoms with E-state index in [0.29, 0.717) is 17.5 Å². The van der Waals surface area contributed by atoms with Crippen LogP contribution in [-0.2, 0) is 0 Å². The maximum Gasteiger partial charge on any atom is 0.171 e. The molecule has 1 aliphatic rings. The molecule has 1 aromatic heterocycles. The fraction of sp³-hybridized carbons (Fsp3) is 0.667. The van der Waals surface area contributed by atoms with E-state index in [0.717, 1.165) is 31.6 Å². The van der Waals surface area contributed by atoms with Crippen LogP contribution in [0.3, 0.4) is 0 Å². The van der Waals surface area contributed by atoms with Gasteiger partial charge in [0.25, 0.3) is 0 Å². The van der Waals surface area contributed by atoms with E-state index >= 15 is 0 Å². The summed E-state index contributed by atoms with van der Waals surface area (Å²) in [6.07, 6.45) is 6.95. The molecule has 0 amide bonds. The number of nitrogens with one attached hydrogen (secondary N) is 1. The summed E-state index contributed by atoms with van der Waals surface area (Å²) in [7, 11) is 0. The second-order valence-corrected chi connectivity index (χ2v) is 5.31. The van der Waals surface area contributed by atoms with Gasteiger partial charge in [-0.05, 0) is 31.6 Å². The number of halogens is 1. The van der Waals surface area contributed by atoms with E-state index in [1.165, 1.54) is 0 Å². The lowest BCUT2D eigenvalue weighted by Crippen LogP contribution is -2.40. The molecule has 0 unspecified atom stereocenters. The fourth-order valence-corrected chi connectivity index (χ4v) is 2.34. The minimum atomic E-state index is -0.632. The van der Waals surface area contributed by atoms with Crippen LogP contribution in [0.25, 0.3) is 0 Å². The lowest BCUT2D eigenvalue weighted by atomic mass is 9.79. The predicted molar refractivity (Wildman–Crippen MR) is 68.1 cm³/mol. The molecular formula is C12H18ClN3O. The van der Waals surface area contributed by atoms with Crippen molar-refractivity contribution in [1.29, 1.82) is 0 Å². The standard InChI is InChI=1S/C12H18ClN3O/c1-9-2-4-12(17,5-3-9)8-16-11-10(13)14-6-7-15-11/h6-7,9,17H,2-5,8H2,1H3,(H,15,16). The average molecular weight is 256 g/mol. The highest BCUT2D eigenvalue weighted by Gasteiger charge is 2.31. The van der Waals surface area contributed by atoms with Gasteiger partial charge in [0, 0.05) is 18.9 Å². The zero-order chi connectivity index (χ0) is 12.3. The maximum atomic E-state index is 10.4. The van der Waals surface area contributed by atoms with Gasteiger partial charge in [0.1, 0.15) is 0 Å². The summed E-state index contributed by atoms with van der Waals surface area (Å²) in [6, 6.07) is 0. The van der Waals surface area contributed by atoms with Crippen molar-refractivity contribution >= 4 is 17.4 Å². The highest BCUT2D eigenvalue weighted by atomic mass is 35.5. The van der Waals surface area contributed by atoms with Gasteiger partial charge in [0.2, 0.25) is 0 Å². The zero-order valence-electron chi connectivity index (χ0n) is 9.99. The van der Waals surface area contributed by atoms with Crippen LogP contribution in [0.4, 0.5) is 5.82 Å². The largest absolute Gasteiger partial charge is 0.388 e. The predicted octanol–water partition coefficient (Wildman–Crippen LogP) is 2.48. The van der Waals surface area contributed by atoms with Crippen LogP contribution in [0.2, 0.25) is 5.15 Å². The van der Waals surface area contributed by atoms with Crippen molar-refractivity contribution in [1.82, 2.24) is 9.97 Å². The summed E-state index contributed by atoms with van der Waals surface area (Å²) in [5.74, 6) is 1.26. The first-order valence-electron chi connectivity index (χ1n) is 6.02. The molecule has 4 nitrogen and oxygen atoms in total. The topological polar surface area (TPSA) is 58.0 Å². The normalized spacial score (nSPS) is 29.0. The molecule has 1 aliphatic carbocycles. The summed E-state index contributed by atoms with van der Waals surface area (Å²) < 4.78 is 0. The molecule has 0 radical (unpaired) electrons. The Labute approximate surface area is 106 Å². The number of hydrogen-bond donors (Lipinski definition) is 2. The monoisotopic (exact) mass is 255 g/mol. The van der Waals surface area contributed by atoms with Crippen LogP contribution >= 0.6 is 11.6 Å². The molecule has 2 N–H and O–H groups in total. The Morgan fingerprint density at radius 3 is 2.71 bits per heavy atom. The summed E-state index contributed by atoms with van der Waals surface area (Å²) in [5, 5.41) is 13.8. The van der Waals surface area contributed by atoms with Crippen LogP contribution in [0.15, 0.2) is 12.4 Å². The molecule has 0 aliphatic heterocycles. The molecule has 1 aromatic rings. The molecule has 1 fully saturated rings. The lowest BCUT2D eigenvalue weighted by molar-refractivity contribution is 0.00494. The van der Waals surface area contributed by atoms with Crippen molar-refractivity contribution in [3.63, 3.8) is 0 Å². The van der Waals surface area contributed by atoms with Gasteiger partial charge in [-0.3, -0.25) is 0 Å². The van der Waals surface area contributed by atoms with Gasteiger partial charge in [-0.15, -0.1) is 0 Å². The molecule has 2 rings (SSSR count). The van der Waals surface area contributed by atoms with Gasteiger partial charge in [-0.25, -0.2) is 9.97 Å². The van der Waals surface area contributed by atoms with E-state index in [9.17, 15) is 5.11 Å². The highest BCUT2D eigenvalue weighted by molar-refractivity contribution is 6.31. The van der Waals surface area contributed by atoms with Gasteiger partial charge in [0.05, 0.1) is 5.60 Å². The van der Waals surface area contributed by atoms with Crippen molar-refractivity contribution in [2.45, 2.75) is 38.2 Å². The summed E-state index contributed by atoms with van der Waals surface area (Å²) in [5.41, 5.74) is -0.632. The number of nitrogens with zero attached hydrogens (tertiary/aromatic N) is 2. The van der Waals surface area contributed by atoms with Crippen LogP contribution in [0.5, 0.6) is 0 Å². The molecule has 0 aromatic carbocycles. The average Bonchev–Trinajstić information content (AvgIpc) is 2.33. The lowest BCUT2D eigenvalue weighted by Gasteiger charge is -2.35. The molecule has 1 saturated carbocycles. The minimum absolute atomic E-state index is 0.347. The second kappa shape index (κ2) is 5.19.